The van der Waals surface area contributed by atoms with Crippen molar-refractivity contribution in [1.82, 2.24) is 9.78 Å². The molecule has 0 aliphatic heterocycles. The Kier molecular flexibility index (Phi) is 1.84. The zero-order valence-electron chi connectivity index (χ0n) is 8.17. The van der Waals surface area contributed by atoms with Gasteiger partial charge in [-0.1, -0.05) is 12.1 Å². The van der Waals surface area contributed by atoms with Crippen molar-refractivity contribution in [3.8, 4) is 0 Å². The third kappa shape index (κ3) is 1.54. The van der Waals surface area contributed by atoms with Gasteiger partial charge in [0, 0.05) is 11.6 Å². The van der Waals surface area contributed by atoms with Crippen LogP contribution in [0, 0.1) is 0 Å². The smallest absolute Gasteiger partial charge is 0.423 e. The number of hydrogen-bond acceptors (Lipinski definition) is 3. The molecule has 4 nitrogen and oxygen atoms in total. The van der Waals surface area contributed by atoms with E-state index in [9.17, 15) is 0 Å². The predicted octanol–water partition coefficient (Wildman–Crippen LogP) is 0.0510. The van der Waals surface area contributed by atoms with Crippen molar-refractivity contribution in [2.45, 2.75) is 18.9 Å². The molecule has 15 heavy (non-hydrogen) atoms. The highest BCUT2D eigenvalue weighted by atomic mass is 16.4. The Morgan fingerprint density at radius 1 is 1.33 bits per heavy atom. The van der Waals surface area contributed by atoms with Crippen LogP contribution in [-0.2, 0) is 0 Å². The van der Waals surface area contributed by atoms with Crippen molar-refractivity contribution in [1.29, 1.82) is 0 Å². The summed E-state index contributed by atoms with van der Waals surface area (Å²) in [6.45, 7) is 0. The van der Waals surface area contributed by atoms with Crippen LogP contribution in [0.25, 0.3) is 10.9 Å². The van der Waals surface area contributed by atoms with Crippen molar-refractivity contribution < 1.29 is 10.0 Å². The molecular weight excluding hydrogens is 191 g/mol. The first-order valence-electron chi connectivity index (χ1n) is 5.09. The van der Waals surface area contributed by atoms with Crippen LogP contribution in [0.2, 0.25) is 0 Å². The van der Waals surface area contributed by atoms with Crippen LogP contribution in [0.3, 0.4) is 0 Å². The van der Waals surface area contributed by atoms with Gasteiger partial charge in [-0.2, -0.15) is 5.10 Å². The van der Waals surface area contributed by atoms with Crippen LogP contribution in [0.5, 0.6) is 0 Å². The molecule has 0 amide bonds. The second-order valence-electron chi connectivity index (χ2n) is 4.03. The highest BCUT2D eigenvalue weighted by Gasteiger charge is 2.24. The van der Waals surface area contributed by atoms with Gasteiger partial charge >= 0.3 is 7.12 Å². The first-order chi connectivity index (χ1) is 7.24. The fraction of sp³-hybridized carbons (Fsp3) is 0.300. The first-order valence-corrected chi connectivity index (χ1v) is 5.09. The Morgan fingerprint density at radius 3 is 2.80 bits per heavy atom. The van der Waals surface area contributed by atoms with Crippen molar-refractivity contribution >= 4 is 23.5 Å². The lowest BCUT2D eigenvalue weighted by molar-refractivity contribution is 0.426. The van der Waals surface area contributed by atoms with Crippen molar-refractivity contribution in [3.63, 3.8) is 0 Å². The number of hydrogen-bond donors (Lipinski definition) is 2. The van der Waals surface area contributed by atoms with Crippen molar-refractivity contribution in [2.24, 2.45) is 0 Å². The molecule has 2 N–H and O–H groups in total. The van der Waals surface area contributed by atoms with E-state index in [0.29, 0.717) is 11.5 Å². The van der Waals surface area contributed by atoms with E-state index in [4.69, 9.17) is 10.0 Å². The topological polar surface area (TPSA) is 58.3 Å². The molecule has 1 aromatic carbocycles. The average molecular weight is 202 g/mol. The summed E-state index contributed by atoms with van der Waals surface area (Å²) in [5.74, 6) is 0. The van der Waals surface area contributed by atoms with Crippen LogP contribution >= 0.6 is 0 Å². The summed E-state index contributed by atoms with van der Waals surface area (Å²) >= 11 is 0. The monoisotopic (exact) mass is 202 g/mol. The molecule has 1 aliphatic carbocycles. The molecule has 1 saturated carbocycles. The molecule has 1 fully saturated rings. The van der Waals surface area contributed by atoms with E-state index >= 15 is 0 Å². The lowest BCUT2D eigenvalue weighted by atomic mass is 9.80. The number of nitrogens with zero attached hydrogens (tertiary/aromatic N) is 2. The van der Waals surface area contributed by atoms with E-state index in [0.717, 1.165) is 10.9 Å². The number of rotatable bonds is 2. The Morgan fingerprint density at radius 2 is 2.13 bits per heavy atom. The summed E-state index contributed by atoms with van der Waals surface area (Å²) in [5.41, 5.74) is 1.42. The lowest BCUT2D eigenvalue weighted by Gasteiger charge is -1.96. The molecule has 76 valence electrons. The molecular formula is C10H11BN2O2. The van der Waals surface area contributed by atoms with E-state index in [1.165, 1.54) is 12.8 Å². The maximum Gasteiger partial charge on any atom is 0.488 e. The zero-order valence-corrected chi connectivity index (χ0v) is 8.17. The minimum Gasteiger partial charge on any atom is -0.423 e. The molecule has 0 saturated heterocycles. The largest absolute Gasteiger partial charge is 0.488 e. The summed E-state index contributed by atoms with van der Waals surface area (Å²) < 4.78 is 1.97. The Balaban J connectivity index is 2.09. The molecule has 0 bridgehead atoms. The molecule has 0 atom stereocenters. The average Bonchev–Trinajstić information content (AvgIpc) is 2.97. The highest BCUT2D eigenvalue weighted by Crippen LogP contribution is 2.34. The maximum absolute atomic E-state index is 9.04. The maximum atomic E-state index is 9.04. The van der Waals surface area contributed by atoms with Gasteiger partial charge in [-0.3, -0.25) is 4.68 Å². The Bertz CT molecular complexity index is 505. The quantitative estimate of drug-likeness (QED) is 0.676. The SMILES string of the molecule is OB(O)c1ccc2nn(C3CC3)cc2c1. The van der Waals surface area contributed by atoms with Gasteiger partial charge in [0.15, 0.2) is 0 Å². The normalized spacial score (nSPS) is 15.9. The summed E-state index contributed by atoms with van der Waals surface area (Å²) in [6.07, 6.45) is 4.37. The van der Waals surface area contributed by atoms with Crippen LogP contribution in [-0.4, -0.2) is 26.9 Å². The second kappa shape index (κ2) is 3.08. The van der Waals surface area contributed by atoms with Gasteiger partial charge in [0.25, 0.3) is 0 Å². The minimum atomic E-state index is -1.40. The van der Waals surface area contributed by atoms with Gasteiger partial charge in [0.1, 0.15) is 0 Å². The molecule has 1 aromatic heterocycles. The van der Waals surface area contributed by atoms with E-state index in [1.54, 1.807) is 12.1 Å². The summed E-state index contributed by atoms with van der Waals surface area (Å²) in [5, 5.41) is 23.5. The van der Waals surface area contributed by atoms with E-state index in [1.807, 2.05) is 16.9 Å². The third-order valence-electron chi connectivity index (χ3n) is 2.77. The molecule has 3 rings (SSSR count). The van der Waals surface area contributed by atoms with Gasteiger partial charge < -0.3 is 10.0 Å². The van der Waals surface area contributed by atoms with Crippen molar-refractivity contribution in [3.05, 3.63) is 24.4 Å². The highest BCUT2D eigenvalue weighted by molar-refractivity contribution is 6.58. The number of aromatic nitrogens is 2. The third-order valence-corrected chi connectivity index (χ3v) is 2.77. The summed E-state index contributed by atoms with van der Waals surface area (Å²) in [7, 11) is -1.40. The van der Waals surface area contributed by atoms with E-state index < -0.39 is 7.12 Å². The molecule has 0 unspecified atom stereocenters. The summed E-state index contributed by atoms with van der Waals surface area (Å²) in [4.78, 5) is 0. The van der Waals surface area contributed by atoms with E-state index in [-0.39, 0.29) is 0 Å². The number of benzene rings is 1. The number of fused-ring (bicyclic) bond motifs is 1. The van der Waals surface area contributed by atoms with Crippen LogP contribution in [0.15, 0.2) is 24.4 Å². The molecule has 1 aliphatic rings. The minimum absolute atomic E-state index is 0.512. The predicted molar refractivity (Wildman–Crippen MR) is 57.8 cm³/mol. The standard InChI is InChI=1S/C10H11BN2O2/c14-11(15)8-1-4-10-7(5-8)6-13(12-10)9-2-3-9/h1,4-6,9,14-15H,2-3H2. The van der Waals surface area contributed by atoms with Gasteiger partial charge in [-0.15, -0.1) is 0 Å². The zero-order chi connectivity index (χ0) is 10.4. The molecule has 2 aromatic rings. The van der Waals surface area contributed by atoms with Gasteiger partial charge in [-0.25, -0.2) is 0 Å². The molecule has 0 spiro atoms. The molecule has 1 heterocycles. The van der Waals surface area contributed by atoms with Gasteiger partial charge in [0.2, 0.25) is 0 Å². The Labute approximate surface area is 87.3 Å². The van der Waals surface area contributed by atoms with E-state index in [2.05, 4.69) is 5.10 Å². The Hall–Kier alpha value is -1.33. The fourth-order valence-electron chi connectivity index (χ4n) is 1.75. The molecule has 0 radical (unpaired) electrons. The van der Waals surface area contributed by atoms with Crippen molar-refractivity contribution in [2.75, 3.05) is 0 Å². The summed E-state index contributed by atoms with van der Waals surface area (Å²) in [6, 6.07) is 5.84. The van der Waals surface area contributed by atoms with Gasteiger partial charge in [0.05, 0.1) is 11.6 Å². The molecule has 5 heteroatoms. The fourth-order valence-corrected chi connectivity index (χ4v) is 1.75. The van der Waals surface area contributed by atoms with Crippen LogP contribution in [0.4, 0.5) is 0 Å². The van der Waals surface area contributed by atoms with Crippen LogP contribution < -0.4 is 5.46 Å². The van der Waals surface area contributed by atoms with Gasteiger partial charge in [-0.05, 0) is 24.4 Å². The lowest BCUT2D eigenvalue weighted by Crippen LogP contribution is -2.29. The second-order valence-corrected chi connectivity index (χ2v) is 4.03. The first kappa shape index (κ1) is 8.94. The van der Waals surface area contributed by atoms with Crippen LogP contribution in [0.1, 0.15) is 18.9 Å².